The third-order valence-corrected chi connectivity index (χ3v) is 3.41. The molecule has 0 aliphatic carbocycles. The van der Waals surface area contributed by atoms with E-state index in [0.29, 0.717) is 18.0 Å². The fraction of sp³-hybridized carbons (Fsp3) is 0.500. The van der Waals surface area contributed by atoms with Crippen LogP contribution in [-0.4, -0.2) is 31.3 Å². The van der Waals surface area contributed by atoms with Gasteiger partial charge in [0.2, 0.25) is 0 Å². The van der Waals surface area contributed by atoms with Crippen LogP contribution < -0.4 is 4.74 Å². The minimum atomic E-state index is 0.145. The van der Waals surface area contributed by atoms with Crippen LogP contribution in [0.4, 0.5) is 0 Å². The maximum atomic E-state index is 5.77. The van der Waals surface area contributed by atoms with Crippen LogP contribution in [0, 0.1) is 0 Å². The van der Waals surface area contributed by atoms with E-state index >= 15 is 0 Å². The molecule has 1 fully saturated rings. The summed E-state index contributed by atoms with van der Waals surface area (Å²) in [6.45, 7) is 1.98. The Hall–Kier alpha value is -0.580. The molecule has 1 aliphatic rings. The van der Waals surface area contributed by atoms with Crippen molar-refractivity contribution in [2.24, 2.45) is 0 Å². The summed E-state index contributed by atoms with van der Waals surface area (Å²) in [6.07, 6.45) is 0.145. The van der Waals surface area contributed by atoms with Gasteiger partial charge >= 0.3 is 0 Å². The first-order valence-corrected chi connectivity index (χ1v) is 6.17. The van der Waals surface area contributed by atoms with E-state index < -0.39 is 0 Å². The average molecular weight is 287 g/mol. The van der Waals surface area contributed by atoms with Crippen LogP contribution in [0.15, 0.2) is 24.3 Å². The second-order valence-corrected chi connectivity index (χ2v) is 4.93. The molecule has 1 aromatic carbocycles. The molecule has 0 radical (unpaired) electrons. The Bertz CT molecular complexity index is 343. The van der Waals surface area contributed by atoms with Crippen molar-refractivity contribution in [3.05, 3.63) is 29.8 Å². The molecule has 2 unspecified atom stereocenters. The van der Waals surface area contributed by atoms with E-state index in [0.717, 1.165) is 17.9 Å². The summed E-state index contributed by atoms with van der Waals surface area (Å²) in [5.74, 6) is 0.860. The first-order chi connectivity index (χ1) is 7.79. The summed E-state index contributed by atoms with van der Waals surface area (Å²) in [6, 6.07) is 7.91. The van der Waals surface area contributed by atoms with Gasteiger partial charge in [0, 0.05) is 0 Å². The fourth-order valence-corrected chi connectivity index (χ4v) is 2.12. The van der Waals surface area contributed by atoms with Crippen LogP contribution >= 0.6 is 15.9 Å². The van der Waals surface area contributed by atoms with E-state index in [1.165, 1.54) is 0 Å². The van der Waals surface area contributed by atoms with Crippen LogP contribution in [0.5, 0.6) is 5.75 Å². The van der Waals surface area contributed by atoms with E-state index in [9.17, 15) is 0 Å². The second-order valence-electron chi connectivity index (χ2n) is 3.75. The summed E-state index contributed by atoms with van der Waals surface area (Å²) >= 11 is 3.53. The zero-order valence-corrected chi connectivity index (χ0v) is 10.8. The van der Waals surface area contributed by atoms with Crippen molar-refractivity contribution in [3.63, 3.8) is 0 Å². The van der Waals surface area contributed by atoms with Gasteiger partial charge in [0.05, 0.1) is 37.9 Å². The smallest absolute Gasteiger partial charge is 0.119 e. The van der Waals surface area contributed by atoms with E-state index in [4.69, 9.17) is 14.2 Å². The third-order valence-electron chi connectivity index (χ3n) is 2.56. The number of hydrogen-bond acceptors (Lipinski definition) is 3. The number of rotatable bonds is 4. The maximum absolute atomic E-state index is 5.77. The average Bonchev–Trinajstić information content (AvgIpc) is 2.72. The predicted molar refractivity (Wildman–Crippen MR) is 65.1 cm³/mol. The number of methoxy groups -OCH3 is 1. The Morgan fingerprint density at radius 3 is 3.00 bits per heavy atom. The highest BCUT2D eigenvalue weighted by molar-refractivity contribution is 9.09. The van der Waals surface area contributed by atoms with Crippen LogP contribution in [0.25, 0.3) is 0 Å². The lowest BCUT2D eigenvalue weighted by Gasteiger charge is -2.13. The quantitative estimate of drug-likeness (QED) is 0.796. The lowest BCUT2D eigenvalue weighted by molar-refractivity contribution is 0.0338. The molecular weight excluding hydrogens is 272 g/mol. The lowest BCUT2D eigenvalue weighted by atomic mass is 10.2. The number of benzene rings is 1. The van der Waals surface area contributed by atoms with Crippen molar-refractivity contribution < 1.29 is 14.2 Å². The van der Waals surface area contributed by atoms with Gasteiger partial charge in [-0.2, -0.15) is 0 Å². The highest BCUT2D eigenvalue weighted by atomic mass is 79.9. The first kappa shape index (κ1) is 11.9. The molecule has 1 saturated heterocycles. The summed E-state index contributed by atoms with van der Waals surface area (Å²) in [5, 5.41) is 0. The van der Waals surface area contributed by atoms with Gasteiger partial charge in [0.25, 0.3) is 0 Å². The number of alkyl halides is 1. The van der Waals surface area contributed by atoms with Crippen molar-refractivity contribution >= 4 is 15.9 Å². The van der Waals surface area contributed by atoms with Gasteiger partial charge in [-0.15, -0.1) is 0 Å². The molecular formula is C12H15BrO3. The van der Waals surface area contributed by atoms with Gasteiger partial charge in [0.15, 0.2) is 0 Å². The van der Waals surface area contributed by atoms with E-state index in [-0.39, 0.29) is 6.10 Å². The molecule has 2 atom stereocenters. The topological polar surface area (TPSA) is 27.7 Å². The van der Waals surface area contributed by atoms with Gasteiger partial charge in [-0.3, -0.25) is 0 Å². The van der Waals surface area contributed by atoms with Crippen molar-refractivity contribution in [1.29, 1.82) is 0 Å². The summed E-state index contributed by atoms with van der Waals surface area (Å²) in [4.78, 5) is 0.304. The minimum absolute atomic E-state index is 0.145. The molecule has 0 bridgehead atoms. The third kappa shape index (κ3) is 2.97. The number of hydrogen-bond donors (Lipinski definition) is 0. The second kappa shape index (κ2) is 5.66. The molecule has 0 aromatic heterocycles. The van der Waals surface area contributed by atoms with Gasteiger partial charge in [0.1, 0.15) is 5.75 Å². The lowest BCUT2D eigenvalue weighted by Crippen LogP contribution is -2.21. The van der Waals surface area contributed by atoms with Crippen LogP contribution in [0.2, 0.25) is 0 Å². The Morgan fingerprint density at radius 1 is 1.44 bits per heavy atom. The molecule has 16 heavy (non-hydrogen) atoms. The normalized spacial score (nSPS) is 24.6. The Balaban J connectivity index is 1.88. The predicted octanol–water partition coefficient (Wildman–Crippen LogP) is 2.37. The molecule has 3 nitrogen and oxygen atoms in total. The monoisotopic (exact) mass is 286 g/mol. The Morgan fingerprint density at radius 2 is 2.31 bits per heavy atom. The van der Waals surface area contributed by atoms with Crippen molar-refractivity contribution in [3.8, 4) is 5.75 Å². The zero-order valence-electron chi connectivity index (χ0n) is 9.19. The van der Waals surface area contributed by atoms with Gasteiger partial charge in [-0.1, -0.05) is 28.1 Å². The highest BCUT2D eigenvalue weighted by Crippen LogP contribution is 2.20. The first-order valence-electron chi connectivity index (χ1n) is 5.26. The number of halogens is 1. The van der Waals surface area contributed by atoms with E-state index in [1.807, 2.05) is 24.3 Å². The van der Waals surface area contributed by atoms with E-state index in [1.54, 1.807) is 7.11 Å². The molecule has 4 heteroatoms. The van der Waals surface area contributed by atoms with Gasteiger partial charge < -0.3 is 14.2 Å². The highest BCUT2D eigenvalue weighted by Gasteiger charge is 2.26. The molecule has 1 heterocycles. The molecule has 0 N–H and O–H groups in total. The van der Waals surface area contributed by atoms with Crippen molar-refractivity contribution in [2.75, 3.05) is 20.3 Å². The Kier molecular flexibility index (Phi) is 4.21. The van der Waals surface area contributed by atoms with Gasteiger partial charge in [-0.25, -0.2) is 0 Å². The molecule has 0 amide bonds. The summed E-state index contributed by atoms with van der Waals surface area (Å²) < 4.78 is 16.2. The Labute approximate surface area is 104 Å². The maximum Gasteiger partial charge on any atom is 0.119 e. The molecule has 1 aliphatic heterocycles. The molecule has 1 aromatic rings. The number of ether oxygens (including phenoxy) is 3. The van der Waals surface area contributed by atoms with Crippen LogP contribution in [0.3, 0.4) is 0 Å². The molecule has 0 saturated carbocycles. The summed E-state index contributed by atoms with van der Waals surface area (Å²) in [7, 11) is 1.67. The minimum Gasteiger partial charge on any atom is -0.497 e. The SMILES string of the molecule is COc1cccc(COC2COCC2Br)c1. The van der Waals surface area contributed by atoms with Crippen LogP contribution in [0.1, 0.15) is 5.56 Å². The summed E-state index contributed by atoms with van der Waals surface area (Å²) in [5.41, 5.74) is 1.12. The van der Waals surface area contributed by atoms with E-state index in [2.05, 4.69) is 15.9 Å². The molecule has 2 rings (SSSR count). The molecule has 0 spiro atoms. The fourth-order valence-electron chi connectivity index (χ4n) is 1.63. The zero-order chi connectivity index (χ0) is 11.4. The van der Waals surface area contributed by atoms with Crippen molar-refractivity contribution in [2.45, 2.75) is 17.5 Å². The van der Waals surface area contributed by atoms with Crippen LogP contribution in [-0.2, 0) is 16.1 Å². The standard InChI is InChI=1S/C12H15BrO3/c1-14-10-4-2-3-9(5-10)6-16-12-8-15-7-11(12)13/h2-5,11-12H,6-8H2,1H3. The van der Waals surface area contributed by atoms with Crippen molar-refractivity contribution in [1.82, 2.24) is 0 Å². The largest absolute Gasteiger partial charge is 0.497 e. The molecule has 88 valence electrons. The van der Waals surface area contributed by atoms with Gasteiger partial charge in [-0.05, 0) is 17.7 Å².